The topological polar surface area (TPSA) is 91.9 Å². The van der Waals surface area contributed by atoms with Crippen LogP contribution in [0, 0.1) is 20.8 Å². The minimum atomic E-state index is -3.77. The molecular formula is C19H19N3O3S. The van der Waals surface area contributed by atoms with Crippen molar-refractivity contribution < 1.29 is 8.42 Å². The number of aromatic amines is 1. The van der Waals surface area contributed by atoms with E-state index in [-0.39, 0.29) is 10.5 Å². The van der Waals surface area contributed by atoms with Gasteiger partial charge in [0.25, 0.3) is 15.6 Å². The number of hydrogen-bond acceptors (Lipinski definition) is 4. The monoisotopic (exact) mass is 369 g/mol. The molecule has 0 aliphatic carbocycles. The van der Waals surface area contributed by atoms with E-state index in [0.717, 1.165) is 11.1 Å². The van der Waals surface area contributed by atoms with Gasteiger partial charge >= 0.3 is 0 Å². The summed E-state index contributed by atoms with van der Waals surface area (Å²) in [6.07, 6.45) is 0. The highest BCUT2D eigenvalue weighted by atomic mass is 32.2. The second-order valence-electron chi connectivity index (χ2n) is 6.21. The van der Waals surface area contributed by atoms with Gasteiger partial charge in [0.15, 0.2) is 0 Å². The number of nitrogens with one attached hydrogen (secondary N) is 2. The molecule has 7 heteroatoms. The fraction of sp³-hybridized carbons (Fsp3) is 0.158. The quantitative estimate of drug-likeness (QED) is 0.739. The first kappa shape index (κ1) is 17.9. The first-order chi connectivity index (χ1) is 12.3. The van der Waals surface area contributed by atoms with E-state index in [9.17, 15) is 13.2 Å². The van der Waals surface area contributed by atoms with Gasteiger partial charge in [-0.3, -0.25) is 9.52 Å². The summed E-state index contributed by atoms with van der Waals surface area (Å²) in [7, 11) is -3.77. The predicted octanol–water partition coefficient (Wildman–Crippen LogP) is 3.16. The number of aryl methyl sites for hydroxylation is 3. The van der Waals surface area contributed by atoms with E-state index in [2.05, 4.69) is 14.9 Å². The lowest BCUT2D eigenvalue weighted by molar-refractivity contribution is 0.600. The summed E-state index contributed by atoms with van der Waals surface area (Å²) >= 11 is 0. The zero-order valence-corrected chi connectivity index (χ0v) is 15.5. The SMILES string of the molecule is Cc1ccc(C)c(NS(=O)(=O)c2cc(-c3ccc(=O)[nH]n3)ccc2C)c1. The molecule has 0 unspecified atom stereocenters. The number of sulfonamides is 1. The van der Waals surface area contributed by atoms with Crippen molar-refractivity contribution in [2.45, 2.75) is 25.7 Å². The molecule has 0 spiro atoms. The van der Waals surface area contributed by atoms with Crippen LogP contribution in [0.4, 0.5) is 5.69 Å². The standard InChI is InChI=1S/C19H19N3O3S/c1-12-4-5-13(2)17(10-12)22-26(24,25)18-11-15(7-6-14(18)3)16-8-9-19(23)21-20-16/h4-11,22H,1-3H3,(H,21,23). The molecule has 6 nitrogen and oxygen atoms in total. The maximum absolute atomic E-state index is 12.9. The Morgan fingerprint density at radius 3 is 2.35 bits per heavy atom. The zero-order chi connectivity index (χ0) is 18.9. The molecule has 2 N–H and O–H groups in total. The van der Waals surface area contributed by atoms with E-state index in [4.69, 9.17) is 0 Å². The number of rotatable bonds is 4. The van der Waals surface area contributed by atoms with Gasteiger partial charge in [0.2, 0.25) is 0 Å². The van der Waals surface area contributed by atoms with Crippen molar-refractivity contribution in [3.8, 4) is 11.3 Å². The molecule has 1 heterocycles. The maximum atomic E-state index is 12.9. The molecule has 0 radical (unpaired) electrons. The first-order valence-corrected chi connectivity index (χ1v) is 9.51. The number of hydrogen-bond donors (Lipinski definition) is 2. The first-order valence-electron chi connectivity index (χ1n) is 8.03. The van der Waals surface area contributed by atoms with Crippen LogP contribution in [0.15, 0.2) is 58.2 Å². The highest BCUT2D eigenvalue weighted by molar-refractivity contribution is 7.92. The number of nitrogens with zero attached hydrogens (tertiary/aromatic N) is 1. The van der Waals surface area contributed by atoms with Gasteiger partial charge in [0, 0.05) is 11.6 Å². The summed E-state index contributed by atoms with van der Waals surface area (Å²) in [5.74, 6) is 0. The molecule has 2 aromatic carbocycles. The Bertz CT molecular complexity index is 1110. The van der Waals surface area contributed by atoms with Crippen molar-refractivity contribution >= 4 is 15.7 Å². The minimum absolute atomic E-state index is 0.170. The van der Waals surface area contributed by atoms with E-state index in [1.165, 1.54) is 6.07 Å². The number of anilines is 1. The number of benzene rings is 2. The predicted molar refractivity (Wildman–Crippen MR) is 102 cm³/mol. The maximum Gasteiger partial charge on any atom is 0.264 e. The average molecular weight is 369 g/mol. The Morgan fingerprint density at radius 2 is 1.65 bits per heavy atom. The van der Waals surface area contributed by atoms with Crippen LogP contribution in [0.3, 0.4) is 0 Å². The number of H-pyrrole nitrogens is 1. The van der Waals surface area contributed by atoms with E-state index < -0.39 is 10.0 Å². The van der Waals surface area contributed by atoms with Crippen LogP contribution in [0.5, 0.6) is 0 Å². The van der Waals surface area contributed by atoms with Gasteiger partial charge in [-0.15, -0.1) is 0 Å². The lowest BCUT2D eigenvalue weighted by atomic mass is 10.1. The molecular weight excluding hydrogens is 350 g/mol. The van der Waals surface area contributed by atoms with Crippen LogP contribution < -0.4 is 10.3 Å². The molecule has 134 valence electrons. The summed E-state index contributed by atoms with van der Waals surface area (Å²) in [6.45, 7) is 5.50. The van der Waals surface area contributed by atoms with Crippen LogP contribution in [0.1, 0.15) is 16.7 Å². The van der Waals surface area contributed by atoms with Crippen molar-refractivity contribution in [3.05, 3.63) is 75.6 Å². The lowest BCUT2D eigenvalue weighted by Gasteiger charge is -2.14. The molecule has 3 aromatic rings. The largest absolute Gasteiger partial charge is 0.279 e. The van der Waals surface area contributed by atoms with E-state index in [1.54, 1.807) is 37.3 Å². The van der Waals surface area contributed by atoms with Crippen molar-refractivity contribution in [2.24, 2.45) is 0 Å². The molecule has 0 aliphatic heterocycles. The fourth-order valence-corrected chi connectivity index (χ4v) is 3.99. The molecule has 0 saturated heterocycles. The van der Waals surface area contributed by atoms with Crippen LogP contribution >= 0.6 is 0 Å². The highest BCUT2D eigenvalue weighted by Gasteiger charge is 2.19. The molecule has 0 saturated carbocycles. The zero-order valence-electron chi connectivity index (χ0n) is 14.7. The summed E-state index contributed by atoms with van der Waals surface area (Å²) in [5.41, 5.74) is 3.77. The Hall–Kier alpha value is -2.93. The van der Waals surface area contributed by atoms with Gasteiger partial charge in [-0.1, -0.05) is 24.3 Å². The molecule has 1 aromatic heterocycles. The van der Waals surface area contributed by atoms with E-state index in [1.807, 2.05) is 26.0 Å². The third-order valence-electron chi connectivity index (χ3n) is 4.09. The second-order valence-corrected chi connectivity index (χ2v) is 7.86. The van der Waals surface area contributed by atoms with Gasteiger partial charge in [0.1, 0.15) is 0 Å². The molecule has 26 heavy (non-hydrogen) atoms. The minimum Gasteiger partial charge on any atom is -0.279 e. The summed E-state index contributed by atoms with van der Waals surface area (Å²) in [5, 5.41) is 6.31. The smallest absolute Gasteiger partial charge is 0.264 e. The normalized spacial score (nSPS) is 11.3. The van der Waals surface area contributed by atoms with Crippen LogP contribution in [-0.2, 0) is 10.0 Å². The fourth-order valence-electron chi connectivity index (χ4n) is 2.60. The number of aromatic nitrogens is 2. The van der Waals surface area contributed by atoms with Crippen molar-refractivity contribution in [1.29, 1.82) is 0 Å². The Labute approximate surface area is 152 Å². The summed E-state index contributed by atoms with van der Waals surface area (Å²) in [6, 6.07) is 13.6. The summed E-state index contributed by atoms with van der Waals surface area (Å²) in [4.78, 5) is 11.3. The molecule has 0 aliphatic rings. The highest BCUT2D eigenvalue weighted by Crippen LogP contribution is 2.26. The Balaban J connectivity index is 2.04. The van der Waals surface area contributed by atoms with Crippen molar-refractivity contribution in [1.82, 2.24) is 10.2 Å². The molecule has 0 atom stereocenters. The molecule has 0 amide bonds. The van der Waals surface area contributed by atoms with Gasteiger partial charge in [-0.2, -0.15) is 5.10 Å². The van der Waals surface area contributed by atoms with Crippen molar-refractivity contribution in [2.75, 3.05) is 4.72 Å². The van der Waals surface area contributed by atoms with Crippen LogP contribution in [0.25, 0.3) is 11.3 Å². The molecule has 0 bridgehead atoms. The third-order valence-corrected chi connectivity index (χ3v) is 5.60. The van der Waals surface area contributed by atoms with E-state index in [0.29, 0.717) is 22.5 Å². The third kappa shape index (κ3) is 3.67. The van der Waals surface area contributed by atoms with E-state index >= 15 is 0 Å². The Morgan fingerprint density at radius 1 is 0.923 bits per heavy atom. The van der Waals surface area contributed by atoms with Gasteiger partial charge in [-0.05, 0) is 55.7 Å². The second kappa shape index (κ2) is 6.76. The van der Waals surface area contributed by atoms with Crippen LogP contribution in [0.2, 0.25) is 0 Å². The van der Waals surface area contributed by atoms with Gasteiger partial charge in [-0.25, -0.2) is 13.5 Å². The van der Waals surface area contributed by atoms with Crippen LogP contribution in [-0.4, -0.2) is 18.6 Å². The average Bonchev–Trinajstić information content (AvgIpc) is 2.59. The molecule has 0 fully saturated rings. The van der Waals surface area contributed by atoms with Gasteiger partial charge in [0.05, 0.1) is 16.3 Å². The summed E-state index contributed by atoms with van der Waals surface area (Å²) < 4.78 is 28.5. The Kier molecular flexibility index (Phi) is 4.65. The lowest BCUT2D eigenvalue weighted by Crippen LogP contribution is -2.15. The molecule has 3 rings (SSSR count). The van der Waals surface area contributed by atoms with Gasteiger partial charge < -0.3 is 0 Å². The van der Waals surface area contributed by atoms with Crippen molar-refractivity contribution in [3.63, 3.8) is 0 Å².